The number of hydrogen-bond donors (Lipinski definition) is 3. The molecule has 0 fully saturated rings. The van der Waals surface area contributed by atoms with E-state index in [0.717, 1.165) is 12.8 Å². The van der Waals surface area contributed by atoms with Gasteiger partial charge in [0.1, 0.15) is 5.75 Å². The van der Waals surface area contributed by atoms with Gasteiger partial charge in [-0.2, -0.15) is 0 Å². The van der Waals surface area contributed by atoms with Crippen LogP contribution in [-0.2, 0) is 4.79 Å². The number of benzene rings is 2. The third-order valence-electron chi connectivity index (χ3n) is 4.23. The van der Waals surface area contributed by atoms with Gasteiger partial charge in [0.25, 0.3) is 5.91 Å². The lowest BCUT2D eigenvalue weighted by atomic mass is 10.2. The molecule has 2 aromatic carbocycles. The number of carbonyl (C=O) groups excluding carboxylic acids is 2. The van der Waals surface area contributed by atoms with E-state index in [9.17, 15) is 9.59 Å². The van der Waals surface area contributed by atoms with Gasteiger partial charge in [-0.05, 0) is 74.4 Å². The van der Waals surface area contributed by atoms with E-state index in [1.54, 1.807) is 42.5 Å². The zero-order valence-corrected chi connectivity index (χ0v) is 18.8. The monoisotopic (exact) mass is 447 g/mol. The van der Waals surface area contributed by atoms with Crippen molar-refractivity contribution >= 4 is 52.1 Å². The Morgan fingerprint density at radius 1 is 1.10 bits per heavy atom. The van der Waals surface area contributed by atoms with E-state index in [1.807, 2.05) is 20.8 Å². The van der Waals surface area contributed by atoms with Crippen LogP contribution < -0.4 is 20.7 Å². The van der Waals surface area contributed by atoms with Crippen LogP contribution in [0.4, 0.5) is 11.4 Å². The summed E-state index contributed by atoms with van der Waals surface area (Å²) in [6.45, 7) is 5.96. The maximum absolute atomic E-state index is 12.4. The average molecular weight is 448 g/mol. The lowest BCUT2D eigenvalue weighted by Crippen LogP contribution is -2.34. The highest BCUT2D eigenvalue weighted by Gasteiger charge is 2.11. The van der Waals surface area contributed by atoms with Gasteiger partial charge in [-0.3, -0.25) is 14.9 Å². The normalized spacial score (nSPS) is 11.3. The molecular weight excluding hydrogens is 422 g/mol. The third-order valence-corrected chi connectivity index (χ3v) is 4.76. The number of nitrogens with one attached hydrogen (secondary N) is 3. The van der Waals surface area contributed by atoms with Crippen molar-refractivity contribution in [1.82, 2.24) is 5.32 Å². The number of thiocarbonyl (C=S) groups is 1. The van der Waals surface area contributed by atoms with Crippen LogP contribution in [0.15, 0.2) is 42.5 Å². The molecule has 1 atom stereocenters. The number of hydrogen-bond acceptors (Lipinski definition) is 4. The van der Waals surface area contributed by atoms with E-state index in [1.165, 1.54) is 0 Å². The first-order valence-electron chi connectivity index (χ1n) is 9.80. The van der Waals surface area contributed by atoms with E-state index in [0.29, 0.717) is 34.1 Å². The van der Waals surface area contributed by atoms with E-state index in [2.05, 4.69) is 16.0 Å². The fourth-order valence-electron chi connectivity index (χ4n) is 2.48. The van der Waals surface area contributed by atoms with Crippen LogP contribution in [0.2, 0.25) is 5.02 Å². The second kappa shape index (κ2) is 11.5. The molecule has 0 saturated carbocycles. The molecular formula is C22H26ClN3O3S. The van der Waals surface area contributed by atoms with Crippen LogP contribution in [0.1, 0.15) is 50.4 Å². The zero-order chi connectivity index (χ0) is 22.1. The van der Waals surface area contributed by atoms with Crippen LogP contribution in [-0.4, -0.2) is 23.0 Å². The highest BCUT2D eigenvalue weighted by atomic mass is 35.5. The van der Waals surface area contributed by atoms with Crippen molar-refractivity contribution < 1.29 is 14.3 Å². The van der Waals surface area contributed by atoms with Crippen LogP contribution in [0.25, 0.3) is 0 Å². The molecule has 0 radical (unpaired) electrons. The van der Waals surface area contributed by atoms with Crippen molar-refractivity contribution in [2.45, 2.75) is 46.1 Å². The van der Waals surface area contributed by atoms with Gasteiger partial charge in [0.05, 0.1) is 16.8 Å². The van der Waals surface area contributed by atoms with E-state index in [4.69, 9.17) is 28.6 Å². The second-order valence-corrected chi connectivity index (χ2v) is 7.58. The highest BCUT2D eigenvalue weighted by molar-refractivity contribution is 7.80. The summed E-state index contributed by atoms with van der Waals surface area (Å²) < 4.78 is 5.71. The van der Waals surface area contributed by atoms with Gasteiger partial charge in [-0.25, -0.2) is 0 Å². The quantitative estimate of drug-likeness (QED) is 0.473. The van der Waals surface area contributed by atoms with Crippen molar-refractivity contribution in [3.8, 4) is 5.75 Å². The molecule has 0 aliphatic rings. The zero-order valence-electron chi connectivity index (χ0n) is 17.3. The first kappa shape index (κ1) is 23.6. The number of ether oxygens (including phenoxy) is 1. The molecule has 8 heteroatoms. The lowest BCUT2D eigenvalue weighted by Gasteiger charge is -2.14. The van der Waals surface area contributed by atoms with Crippen molar-refractivity contribution in [2.75, 3.05) is 10.6 Å². The van der Waals surface area contributed by atoms with Crippen molar-refractivity contribution in [1.29, 1.82) is 0 Å². The minimum Gasteiger partial charge on any atom is -0.491 e. The summed E-state index contributed by atoms with van der Waals surface area (Å²) in [5, 5.41) is 8.81. The Hall–Kier alpha value is -2.64. The summed E-state index contributed by atoms with van der Waals surface area (Å²) >= 11 is 11.4. The first-order chi connectivity index (χ1) is 14.3. The van der Waals surface area contributed by atoms with Gasteiger partial charge in [0, 0.05) is 17.7 Å². The number of amides is 2. The Bertz CT molecular complexity index is 903. The maximum atomic E-state index is 12.4. The lowest BCUT2D eigenvalue weighted by molar-refractivity contribution is -0.116. The van der Waals surface area contributed by atoms with Crippen LogP contribution >= 0.6 is 23.8 Å². The first-order valence-corrected chi connectivity index (χ1v) is 10.6. The number of halogens is 1. The van der Waals surface area contributed by atoms with Crippen molar-refractivity contribution in [2.24, 2.45) is 0 Å². The fourth-order valence-corrected chi connectivity index (χ4v) is 2.85. The summed E-state index contributed by atoms with van der Waals surface area (Å²) in [6, 6.07) is 11.8. The Labute approximate surface area is 187 Å². The van der Waals surface area contributed by atoms with Crippen molar-refractivity contribution in [3.63, 3.8) is 0 Å². The number of rotatable bonds is 8. The Balaban J connectivity index is 1.98. The molecule has 0 aliphatic carbocycles. The Morgan fingerprint density at radius 2 is 1.80 bits per heavy atom. The van der Waals surface area contributed by atoms with Gasteiger partial charge < -0.3 is 15.4 Å². The molecule has 3 N–H and O–H groups in total. The molecule has 2 amide bonds. The number of carbonyl (C=O) groups is 2. The SMILES string of the molecule is CCCC(=O)Nc1ccc(Cl)c(NC(=S)NC(=O)c2ccc(O[C@H](C)CC)cc2)c1. The van der Waals surface area contributed by atoms with E-state index >= 15 is 0 Å². The molecule has 2 rings (SSSR count). The average Bonchev–Trinajstić information content (AvgIpc) is 2.71. The molecule has 0 aliphatic heterocycles. The minimum absolute atomic E-state index is 0.0811. The highest BCUT2D eigenvalue weighted by Crippen LogP contribution is 2.25. The third kappa shape index (κ3) is 7.31. The van der Waals surface area contributed by atoms with Gasteiger partial charge in [-0.15, -0.1) is 0 Å². The predicted molar refractivity (Wildman–Crippen MR) is 125 cm³/mol. The summed E-state index contributed by atoms with van der Waals surface area (Å²) in [5.74, 6) is 0.267. The predicted octanol–water partition coefficient (Wildman–Crippen LogP) is 5.38. The van der Waals surface area contributed by atoms with Gasteiger partial charge in [-0.1, -0.05) is 25.4 Å². The maximum Gasteiger partial charge on any atom is 0.257 e. The molecule has 0 unspecified atom stereocenters. The van der Waals surface area contributed by atoms with Crippen LogP contribution in [0, 0.1) is 0 Å². The molecule has 0 bridgehead atoms. The largest absolute Gasteiger partial charge is 0.491 e. The molecule has 6 nitrogen and oxygen atoms in total. The second-order valence-electron chi connectivity index (χ2n) is 6.76. The summed E-state index contributed by atoms with van der Waals surface area (Å²) in [4.78, 5) is 24.2. The molecule has 0 heterocycles. The standard InChI is InChI=1S/C22H26ClN3O3S/c1-4-6-20(27)24-16-9-12-18(23)19(13-16)25-22(30)26-21(28)15-7-10-17(11-8-15)29-14(3)5-2/h7-14H,4-6H2,1-3H3,(H,24,27)(H2,25,26,28,30)/t14-/m1/s1. The topological polar surface area (TPSA) is 79.5 Å². The van der Waals surface area contributed by atoms with E-state index < -0.39 is 0 Å². The molecule has 0 saturated heterocycles. The fraction of sp³-hybridized carbons (Fsp3) is 0.318. The van der Waals surface area contributed by atoms with Crippen LogP contribution in [0.3, 0.4) is 0 Å². The summed E-state index contributed by atoms with van der Waals surface area (Å²) in [5.41, 5.74) is 1.52. The smallest absolute Gasteiger partial charge is 0.257 e. The van der Waals surface area contributed by atoms with Gasteiger partial charge >= 0.3 is 0 Å². The molecule has 0 aromatic heterocycles. The van der Waals surface area contributed by atoms with Gasteiger partial charge in [0.2, 0.25) is 5.91 Å². The van der Waals surface area contributed by atoms with Gasteiger partial charge in [0.15, 0.2) is 5.11 Å². The van der Waals surface area contributed by atoms with E-state index in [-0.39, 0.29) is 23.0 Å². The number of anilines is 2. The molecule has 0 spiro atoms. The van der Waals surface area contributed by atoms with Crippen molar-refractivity contribution in [3.05, 3.63) is 53.1 Å². The molecule has 2 aromatic rings. The van der Waals surface area contributed by atoms with Crippen LogP contribution in [0.5, 0.6) is 5.75 Å². The Kier molecular flexibility index (Phi) is 9.08. The summed E-state index contributed by atoms with van der Waals surface area (Å²) in [7, 11) is 0. The summed E-state index contributed by atoms with van der Waals surface area (Å²) in [6.07, 6.45) is 2.19. The minimum atomic E-state index is -0.355. The molecule has 160 valence electrons. The molecule has 30 heavy (non-hydrogen) atoms. The Morgan fingerprint density at radius 3 is 2.43 bits per heavy atom.